The number of nitrogens with zero attached hydrogens (tertiary/aromatic N) is 1. The molecule has 3 rings (SSSR count). The lowest BCUT2D eigenvalue weighted by Crippen LogP contribution is -2.25. The molecule has 0 radical (unpaired) electrons. The normalized spacial score (nSPS) is 13.9. The van der Waals surface area contributed by atoms with Crippen LogP contribution < -0.4 is 9.64 Å². The van der Waals surface area contributed by atoms with E-state index in [2.05, 4.69) is 4.74 Å². The molecule has 3 nitrogen and oxygen atoms in total. The predicted molar refractivity (Wildman–Crippen MR) is 89.0 cm³/mol. The van der Waals surface area contributed by atoms with E-state index in [9.17, 15) is 18.0 Å². The van der Waals surface area contributed by atoms with Crippen LogP contribution in [0.2, 0.25) is 0 Å². The highest BCUT2D eigenvalue weighted by Crippen LogP contribution is 2.41. The van der Waals surface area contributed by atoms with Crippen LogP contribution in [-0.4, -0.2) is 12.3 Å². The first kappa shape index (κ1) is 17.1. The number of carbonyl (C=O) groups excluding carboxylic acids is 1. The van der Waals surface area contributed by atoms with Gasteiger partial charge in [0.2, 0.25) is 0 Å². The van der Waals surface area contributed by atoms with E-state index in [0.29, 0.717) is 23.4 Å². The first-order valence-electron chi connectivity index (χ1n) is 7.70. The van der Waals surface area contributed by atoms with Crippen LogP contribution in [0.15, 0.2) is 54.1 Å². The van der Waals surface area contributed by atoms with Gasteiger partial charge in [-0.2, -0.15) is 0 Å². The van der Waals surface area contributed by atoms with Crippen molar-refractivity contribution in [2.24, 2.45) is 0 Å². The molecule has 0 saturated carbocycles. The van der Waals surface area contributed by atoms with Crippen molar-refractivity contribution in [2.75, 3.05) is 4.90 Å². The number of amides is 1. The number of carbonyl (C=O) groups is 1. The Labute approximate surface area is 143 Å². The van der Waals surface area contributed by atoms with Crippen molar-refractivity contribution in [1.29, 1.82) is 0 Å². The van der Waals surface area contributed by atoms with Crippen molar-refractivity contribution < 1.29 is 22.7 Å². The minimum atomic E-state index is -4.77. The monoisotopic (exact) mass is 347 g/mol. The van der Waals surface area contributed by atoms with Gasteiger partial charge in [-0.3, -0.25) is 4.79 Å². The third-order valence-electron chi connectivity index (χ3n) is 3.90. The molecule has 1 aliphatic heterocycles. The molecular weight excluding hydrogens is 331 g/mol. The summed E-state index contributed by atoms with van der Waals surface area (Å²) in [5, 5.41) is 0. The van der Waals surface area contributed by atoms with E-state index in [1.807, 2.05) is 30.3 Å². The molecule has 2 aromatic carbocycles. The lowest BCUT2D eigenvalue weighted by molar-refractivity contribution is -0.274. The average molecular weight is 347 g/mol. The second-order valence-electron chi connectivity index (χ2n) is 5.98. The van der Waals surface area contributed by atoms with Crippen LogP contribution in [0.3, 0.4) is 0 Å². The molecule has 0 spiro atoms. The SMILES string of the molecule is CC(C)=C1C(=O)N(Cc2ccccc2)c2ccc(OC(F)(F)F)cc21. The molecule has 0 aromatic heterocycles. The number of benzene rings is 2. The number of rotatable bonds is 3. The van der Waals surface area contributed by atoms with Crippen molar-refractivity contribution in [3.8, 4) is 5.75 Å². The number of allylic oxidation sites excluding steroid dienone is 1. The van der Waals surface area contributed by atoms with Crippen LogP contribution >= 0.6 is 0 Å². The van der Waals surface area contributed by atoms with Crippen molar-refractivity contribution >= 4 is 17.2 Å². The molecule has 1 aliphatic rings. The van der Waals surface area contributed by atoms with Gasteiger partial charge in [0.25, 0.3) is 5.91 Å². The maximum atomic E-state index is 12.8. The number of ether oxygens (including phenoxy) is 1. The summed E-state index contributed by atoms with van der Waals surface area (Å²) >= 11 is 0. The standard InChI is InChI=1S/C19H16F3NO2/c1-12(2)17-15-10-14(25-19(20,21)22)8-9-16(15)23(18(17)24)11-13-6-4-3-5-7-13/h3-10H,11H2,1-2H3. The Bertz CT molecular complexity index is 837. The summed E-state index contributed by atoms with van der Waals surface area (Å²) in [5.41, 5.74) is 3.14. The minimum Gasteiger partial charge on any atom is -0.406 e. The van der Waals surface area contributed by atoms with Gasteiger partial charge in [0.05, 0.1) is 12.2 Å². The molecule has 6 heteroatoms. The lowest BCUT2D eigenvalue weighted by Gasteiger charge is -2.17. The van der Waals surface area contributed by atoms with E-state index >= 15 is 0 Å². The van der Waals surface area contributed by atoms with Crippen molar-refractivity contribution in [2.45, 2.75) is 26.8 Å². The van der Waals surface area contributed by atoms with Crippen molar-refractivity contribution in [3.63, 3.8) is 0 Å². The zero-order valence-electron chi connectivity index (χ0n) is 13.7. The topological polar surface area (TPSA) is 29.5 Å². The van der Waals surface area contributed by atoms with Crippen LogP contribution in [0.1, 0.15) is 25.0 Å². The summed E-state index contributed by atoms with van der Waals surface area (Å²) < 4.78 is 41.4. The van der Waals surface area contributed by atoms with Gasteiger partial charge in [0.1, 0.15) is 5.75 Å². The number of anilines is 1. The van der Waals surface area contributed by atoms with Crippen molar-refractivity contribution in [3.05, 3.63) is 65.2 Å². The van der Waals surface area contributed by atoms with Gasteiger partial charge in [-0.05, 0) is 37.6 Å². The summed E-state index contributed by atoms with van der Waals surface area (Å²) in [6, 6.07) is 13.4. The first-order valence-corrected chi connectivity index (χ1v) is 7.70. The molecular formula is C19H16F3NO2. The Morgan fingerprint density at radius 3 is 2.36 bits per heavy atom. The third-order valence-corrected chi connectivity index (χ3v) is 3.90. The van der Waals surface area contributed by atoms with Gasteiger partial charge in [0, 0.05) is 11.1 Å². The Kier molecular flexibility index (Phi) is 4.29. The van der Waals surface area contributed by atoms with Crippen LogP contribution in [-0.2, 0) is 11.3 Å². The maximum absolute atomic E-state index is 12.8. The summed E-state index contributed by atoms with van der Waals surface area (Å²) in [6.45, 7) is 3.88. The van der Waals surface area contributed by atoms with Crippen LogP contribution in [0.4, 0.5) is 18.9 Å². The molecule has 0 unspecified atom stereocenters. The molecule has 0 bridgehead atoms. The molecule has 25 heavy (non-hydrogen) atoms. The van der Waals surface area contributed by atoms with Gasteiger partial charge in [-0.15, -0.1) is 13.2 Å². The second-order valence-corrected chi connectivity index (χ2v) is 5.98. The Balaban J connectivity index is 2.03. The first-order chi connectivity index (χ1) is 11.8. The summed E-state index contributed by atoms with van der Waals surface area (Å²) in [5.74, 6) is -0.553. The molecule has 0 N–H and O–H groups in total. The van der Waals surface area contributed by atoms with Gasteiger partial charge >= 0.3 is 6.36 Å². The molecule has 0 saturated heterocycles. The van der Waals surface area contributed by atoms with Crippen LogP contribution in [0.5, 0.6) is 5.75 Å². The number of alkyl halides is 3. The summed E-state index contributed by atoms with van der Waals surface area (Å²) in [7, 11) is 0. The number of halogens is 3. The largest absolute Gasteiger partial charge is 0.573 e. The van der Waals surface area contributed by atoms with E-state index < -0.39 is 6.36 Å². The zero-order valence-corrected chi connectivity index (χ0v) is 13.7. The molecule has 1 amide bonds. The van der Waals surface area contributed by atoms with E-state index in [0.717, 1.165) is 11.1 Å². The fourth-order valence-corrected chi connectivity index (χ4v) is 2.91. The van der Waals surface area contributed by atoms with E-state index in [4.69, 9.17) is 0 Å². The molecule has 130 valence electrons. The highest BCUT2D eigenvalue weighted by molar-refractivity contribution is 6.33. The zero-order chi connectivity index (χ0) is 18.2. The van der Waals surface area contributed by atoms with Crippen LogP contribution in [0.25, 0.3) is 5.57 Å². The summed E-state index contributed by atoms with van der Waals surface area (Å²) in [4.78, 5) is 14.4. The Morgan fingerprint density at radius 2 is 1.76 bits per heavy atom. The average Bonchev–Trinajstić information content (AvgIpc) is 2.78. The smallest absolute Gasteiger partial charge is 0.406 e. The van der Waals surface area contributed by atoms with E-state index in [1.54, 1.807) is 18.7 Å². The fourth-order valence-electron chi connectivity index (χ4n) is 2.91. The van der Waals surface area contributed by atoms with Gasteiger partial charge in [-0.1, -0.05) is 35.9 Å². The highest BCUT2D eigenvalue weighted by atomic mass is 19.4. The maximum Gasteiger partial charge on any atom is 0.573 e. The minimum absolute atomic E-state index is 0.219. The Hall–Kier alpha value is -2.76. The molecule has 2 aromatic rings. The van der Waals surface area contributed by atoms with Crippen LogP contribution in [0, 0.1) is 0 Å². The molecule has 0 atom stereocenters. The number of hydrogen-bond acceptors (Lipinski definition) is 2. The molecule has 1 heterocycles. The third kappa shape index (κ3) is 3.52. The van der Waals surface area contributed by atoms with Gasteiger partial charge in [-0.25, -0.2) is 0 Å². The fraction of sp³-hybridized carbons (Fsp3) is 0.211. The summed E-state index contributed by atoms with van der Waals surface area (Å²) in [6.07, 6.45) is -4.77. The second kappa shape index (κ2) is 6.27. The molecule has 0 fully saturated rings. The number of hydrogen-bond donors (Lipinski definition) is 0. The Morgan fingerprint density at radius 1 is 1.08 bits per heavy atom. The predicted octanol–water partition coefficient (Wildman–Crippen LogP) is 4.93. The van der Waals surface area contributed by atoms with E-state index in [-0.39, 0.29) is 11.7 Å². The quantitative estimate of drug-likeness (QED) is 0.737. The number of fused-ring (bicyclic) bond motifs is 1. The lowest BCUT2D eigenvalue weighted by atomic mass is 10.0. The molecule has 0 aliphatic carbocycles. The highest BCUT2D eigenvalue weighted by Gasteiger charge is 2.35. The van der Waals surface area contributed by atoms with Crippen molar-refractivity contribution in [1.82, 2.24) is 0 Å². The van der Waals surface area contributed by atoms with Gasteiger partial charge < -0.3 is 9.64 Å². The van der Waals surface area contributed by atoms with Gasteiger partial charge in [0.15, 0.2) is 0 Å². The van der Waals surface area contributed by atoms with E-state index in [1.165, 1.54) is 18.2 Å².